The van der Waals surface area contributed by atoms with Crippen LogP contribution in [0.25, 0.3) is 67.5 Å². The molecule has 2 aliphatic rings. The predicted molar refractivity (Wildman–Crippen MR) is 194 cm³/mol. The summed E-state index contributed by atoms with van der Waals surface area (Å²) in [6, 6.07) is 45.1. The minimum atomic E-state index is -3.19. The third kappa shape index (κ3) is 4.33. The van der Waals surface area contributed by atoms with Gasteiger partial charge in [-0.2, -0.15) is 0 Å². The molecule has 6 aromatic carbocycles. The normalized spacial score (nSPS) is 15.2. The summed E-state index contributed by atoms with van der Waals surface area (Å²) < 4.78 is 33.0. The summed E-state index contributed by atoms with van der Waals surface area (Å²) in [7, 11) is -2.14. The summed E-state index contributed by atoms with van der Waals surface area (Å²) in [6.45, 7) is 4.81. The van der Waals surface area contributed by atoms with Gasteiger partial charge >= 0.3 is 181 Å². The minimum absolute atomic E-state index is 0.0234. The molecule has 0 saturated heterocycles. The Kier molecular flexibility index (Phi) is 6.23. The van der Waals surface area contributed by atoms with Gasteiger partial charge < -0.3 is 0 Å². The first-order chi connectivity index (χ1) is 23.3. The maximum atomic E-state index is 16.5. The van der Waals surface area contributed by atoms with Crippen molar-refractivity contribution in [3.05, 3.63) is 151 Å². The molecule has 0 spiro atoms. The van der Waals surface area contributed by atoms with Crippen molar-refractivity contribution in [2.24, 2.45) is 0 Å². The Morgan fingerprint density at radius 2 is 0.875 bits per heavy atom. The van der Waals surface area contributed by atoms with E-state index in [0.717, 1.165) is 22.3 Å². The Hall–Kier alpha value is -5.59. The van der Waals surface area contributed by atoms with Crippen LogP contribution in [-0.2, 0) is 5.92 Å². The van der Waals surface area contributed by atoms with Crippen LogP contribution in [0.15, 0.2) is 140 Å². The molecule has 0 amide bonds. The van der Waals surface area contributed by atoms with Crippen LogP contribution >= 0.6 is 0 Å². The molecule has 0 saturated carbocycles. The van der Waals surface area contributed by atoms with Crippen molar-refractivity contribution in [2.45, 2.75) is 19.0 Å². The van der Waals surface area contributed by atoms with Gasteiger partial charge in [-0.1, -0.05) is 60.7 Å². The van der Waals surface area contributed by atoms with Crippen molar-refractivity contribution in [1.82, 2.24) is 15.0 Å². The van der Waals surface area contributed by atoms with Crippen molar-refractivity contribution in [3.63, 3.8) is 0 Å². The second-order valence-electron chi connectivity index (χ2n) is 13.4. The van der Waals surface area contributed by atoms with Gasteiger partial charge in [0.25, 0.3) is 0 Å². The zero-order valence-electron chi connectivity index (χ0n) is 26.5. The van der Waals surface area contributed by atoms with E-state index in [9.17, 15) is 0 Å². The van der Waals surface area contributed by atoms with Crippen molar-refractivity contribution in [2.75, 3.05) is 0 Å². The first kappa shape index (κ1) is 28.6. The van der Waals surface area contributed by atoms with Crippen LogP contribution in [0.5, 0.6) is 0 Å². The molecule has 6 heteroatoms. The number of aromatic nitrogens is 3. The number of benzene rings is 6. The molecule has 0 fully saturated rings. The fraction of sp³-hybridized carbons (Fsp3) is 0.0714. The van der Waals surface area contributed by atoms with Crippen LogP contribution in [0.1, 0.15) is 11.1 Å². The monoisotopic (exact) mass is 642 g/mol. The van der Waals surface area contributed by atoms with Gasteiger partial charge in [-0.05, 0) is 0 Å². The van der Waals surface area contributed by atoms with E-state index in [4.69, 9.17) is 15.0 Å². The van der Waals surface area contributed by atoms with E-state index in [1.54, 1.807) is 18.2 Å². The van der Waals surface area contributed by atoms with Gasteiger partial charge in [0, 0.05) is 11.1 Å². The van der Waals surface area contributed by atoms with E-state index >= 15 is 8.78 Å². The standard InChI is InChI=1S/C42H30F2N3Si/c1-48(2)37-16-10-9-15-33(37)34-23-28(19-22-38(34)48)29-17-20-31-32-21-18-30(25-36(32)42(43,44)35(31)24-29)41-46-39(26-11-5-3-6-12-26)45-40(47-41)27-13-7-4-8-14-27/h3-25,48H,1-2H3/q-1. The zero-order chi connectivity index (χ0) is 32.6. The summed E-state index contributed by atoms with van der Waals surface area (Å²) in [6.07, 6.45) is 0. The summed E-state index contributed by atoms with van der Waals surface area (Å²) in [5.41, 5.74) is 7.49. The molecule has 3 nitrogen and oxygen atoms in total. The van der Waals surface area contributed by atoms with Gasteiger partial charge in [0.05, 0.1) is 0 Å². The SMILES string of the molecule is C[SiH-]1(C)c2ccccc2-c2cc(-c3ccc4c(c3)C(F)(F)c3cc(-c5nc(-c6ccccc6)nc(-c6ccccc6)n5)ccc3-4)ccc21. The van der Waals surface area contributed by atoms with Gasteiger partial charge in [-0.25, -0.2) is 15.0 Å². The summed E-state index contributed by atoms with van der Waals surface area (Å²) >= 11 is 0. The quantitative estimate of drug-likeness (QED) is 0.180. The molecule has 0 N–H and O–H groups in total. The number of hydrogen-bond donors (Lipinski definition) is 0. The number of hydrogen-bond acceptors (Lipinski definition) is 3. The van der Waals surface area contributed by atoms with Crippen LogP contribution in [-0.4, -0.2) is 23.0 Å². The first-order valence-electron chi connectivity index (χ1n) is 16.3. The summed E-state index contributed by atoms with van der Waals surface area (Å²) in [5, 5.41) is 2.87. The van der Waals surface area contributed by atoms with Crippen LogP contribution in [0.3, 0.4) is 0 Å². The summed E-state index contributed by atoms with van der Waals surface area (Å²) in [4.78, 5) is 14.3. The molecule has 232 valence electrons. The van der Waals surface area contributed by atoms with E-state index in [2.05, 4.69) is 55.6 Å². The van der Waals surface area contributed by atoms with Crippen LogP contribution in [0.2, 0.25) is 13.1 Å². The first-order valence-corrected chi connectivity index (χ1v) is 19.8. The molecule has 0 radical (unpaired) electrons. The van der Waals surface area contributed by atoms with Gasteiger partial charge in [0.2, 0.25) is 0 Å². The maximum absolute atomic E-state index is 16.5. The average molecular weight is 643 g/mol. The molecule has 0 unspecified atom stereocenters. The Balaban J connectivity index is 1.12. The van der Waals surface area contributed by atoms with Gasteiger partial charge in [0.15, 0.2) is 11.6 Å². The van der Waals surface area contributed by atoms with E-state index in [-0.39, 0.29) is 11.1 Å². The number of rotatable bonds is 4. The topological polar surface area (TPSA) is 38.7 Å². The Bertz CT molecular complexity index is 2350. The molecule has 1 aliphatic carbocycles. The third-order valence-corrected chi connectivity index (χ3v) is 14.3. The summed E-state index contributed by atoms with van der Waals surface area (Å²) in [5.74, 6) is -1.86. The van der Waals surface area contributed by atoms with Gasteiger partial charge in [-0.15, -0.1) is 0 Å². The van der Waals surface area contributed by atoms with Crippen LogP contribution in [0.4, 0.5) is 8.78 Å². The molecule has 48 heavy (non-hydrogen) atoms. The molecule has 1 aliphatic heterocycles. The molecule has 7 aromatic rings. The van der Waals surface area contributed by atoms with Crippen molar-refractivity contribution in [3.8, 4) is 67.5 Å². The van der Waals surface area contributed by atoms with Crippen molar-refractivity contribution in [1.29, 1.82) is 0 Å². The zero-order valence-corrected chi connectivity index (χ0v) is 27.6. The molecule has 0 atom stereocenters. The van der Waals surface area contributed by atoms with Crippen molar-refractivity contribution >= 4 is 18.4 Å². The molecular formula is C42H30F2N3Si-. The van der Waals surface area contributed by atoms with Crippen LogP contribution < -0.4 is 10.4 Å². The fourth-order valence-electron chi connectivity index (χ4n) is 7.62. The molecular weight excluding hydrogens is 613 g/mol. The van der Waals surface area contributed by atoms with E-state index in [1.165, 1.54) is 21.5 Å². The molecule has 0 bridgehead atoms. The second kappa shape index (κ2) is 10.5. The number of fused-ring (bicyclic) bond motifs is 6. The van der Waals surface area contributed by atoms with Crippen LogP contribution in [0, 0.1) is 0 Å². The van der Waals surface area contributed by atoms with E-state index in [0.29, 0.717) is 34.2 Å². The average Bonchev–Trinajstić information content (AvgIpc) is 3.50. The van der Waals surface area contributed by atoms with Crippen molar-refractivity contribution < 1.29 is 8.78 Å². The Labute approximate surface area is 278 Å². The number of nitrogens with zero attached hydrogens (tertiary/aromatic N) is 3. The fourth-order valence-corrected chi connectivity index (χ4v) is 11.2. The Morgan fingerprint density at radius 3 is 1.50 bits per heavy atom. The van der Waals surface area contributed by atoms with E-state index < -0.39 is 14.0 Å². The third-order valence-electron chi connectivity index (χ3n) is 10.2. The second-order valence-corrected chi connectivity index (χ2v) is 18.4. The molecule has 2 heterocycles. The molecule has 1 aromatic heterocycles. The predicted octanol–water partition coefficient (Wildman–Crippen LogP) is 9.20. The Morgan fingerprint density at radius 1 is 0.417 bits per heavy atom. The number of alkyl halides is 2. The number of halogens is 2. The van der Waals surface area contributed by atoms with E-state index in [1.807, 2.05) is 78.9 Å². The molecule has 9 rings (SSSR count). The van der Waals surface area contributed by atoms with Gasteiger partial charge in [-0.3, -0.25) is 0 Å². The van der Waals surface area contributed by atoms with Gasteiger partial charge in [0.1, 0.15) is 0 Å².